The van der Waals surface area contributed by atoms with E-state index in [1.54, 1.807) is 6.92 Å². The van der Waals surface area contributed by atoms with Crippen molar-refractivity contribution in [3.63, 3.8) is 0 Å². The minimum absolute atomic E-state index is 0. The van der Waals surface area contributed by atoms with Gasteiger partial charge in [0.1, 0.15) is 6.04 Å². The molecule has 0 heterocycles. The molecule has 1 aromatic rings. The van der Waals surface area contributed by atoms with Gasteiger partial charge in [0, 0.05) is 5.69 Å². The van der Waals surface area contributed by atoms with Gasteiger partial charge in [-0.1, -0.05) is 18.2 Å². The first-order chi connectivity index (χ1) is 6.24. The standard InChI is InChI=1S/C10H13NO2.ClH/c1-8(10(12)13-2)11-9-6-4-3-5-7-9;/h3-8,11H,1-2H3;1H. The second-order valence-corrected chi connectivity index (χ2v) is 2.76. The van der Waals surface area contributed by atoms with Crippen molar-refractivity contribution < 1.29 is 9.53 Å². The van der Waals surface area contributed by atoms with Crippen LogP contribution in [0.4, 0.5) is 5.69 Å². The van der Waals surface area contributed by atoms with E-state index in [9.17, 15) is 4.79 Å². The van der Waals surface area contributed by atoms with E-state index in [0.29, 0.717) is 0 Å². The van der Waals surface area contributed by atoms with E-state index in [1.807, 2.05) is 30.3 Å². The summed E-state index contributed by atoms with van der Waals surface area (Å²) >= 11 is 0. The lowest BCUT2D eigenvalue weighted by molar-refractivity contribution is -0.141. The van der Waals surface area contributed by atoms with Crippen LogP contribution in [0.2, 0.25) is 0 Å². The molecule has 0 aliphatic rings. The minimum atomic E-state index is -0.313. The molecule has 0 aliphatic carbocycles. The molecule has 0 bridgehead atoms. The number of carbonyl (C=O) groups excluding carboxylic acids is 1. The highest BCUT2D eigenvalue weighted by Crippen LogP contribution is 2.07. The van der Waals surface area contributed by atoms with E-state index >= 15 is 0 Å². The fraction of sp³-hybridized carbons (Fsp3) is 0.300. The number of rotatable bonds is 3. The normalized spacial score (nSPS) is 11.0. The third-order valence-electron chi connectivity index (χ3n) is 1.71. The molecule has 1 rings (SSSR count). The second-order valence-electron chi connectivity index (χ2n) is 2.76. The van der Waals surface area contributed by atoms with Gasteiger partial charge in [-0.05, 0) is 19.1 Å². The number of benzene rings is 1. The highest BCUT2D eigenvalue weighted by atomic mass is 35.5. The van der Waals surface area contributed by atoms with E-state index in [4.69, 9.17) is 0 Å². The van der Waals surface area contributed by atoms with Gasteiger partial charge in [-0.15, -0.1) is 12.4 Å². The molecule has 0 saturated heterocycles. The van der Waals surface area contributed by atoms with Gasteiger partial charge in [0.2, 0.25) is 0 Å². The van der Waals surface area contributed by atoms with Crippen LogP contribution in [0.5, 0.6) is 0 Å². The van der Waals surface area contributed by atoms with Crippen molar-refractivity contribution in [1.29, 1.82) is 0 Å². The summed E-state index contributed by atoms with van der Waals surface area (Å²) in [6.07, 6.45) is 0. The van der Waals surface area contributed by atoms with Crippen LogP contribution in [-0.4, -0.2) is 19.1 Å². The van der Waals surface area contributed by atoms with Crippen LogP contribution < -0.4 is 5.32 Å². The van der Waals surface area contributed by atoms with Crippen LogP contribution in [0.25, 0.3) is 0 Å². The van der Waals surface area contributed by atoms with E-state index < -0.39 is 0 Å². The minimum Gasteiger partial charge on any atom is -0.467 e. The van der Waals surface area contributed by atoms with Gasteiger partial charge in [0.05, 0.1) is 7.11 Å². The molecular weight excluding hydrogens is 202 g/mol. The Morgan fingerprint density at radius 3 is 2.43 bits per heavy atom. The molecule has 0 spiro atoms. The number of methoxy groups -OCH3 is 1. The van der Waals surface area contributed by atoms with Crippen molar-refractivity contribution >= 4 is 24.1 Å². The van der Waals surface area contributed by atoms with Crippen LogP contribution >= 0.6 is 12.4 Å². The highest BCUT2D eigenvalue weighted by molar-refractivity contribution is 5.85. The lowest BCUT2D eigenvalue weighted by Crippen LogP contribution is -2.26. The van der Waals surface area contributed by atoms with Gasteiger partial charge in [0.15, 0.2) is 0 Å². The van der Waals surface area contributed by atoms with E-state index in [0.717, 1.165) is 5.69 Å². The molecule has 78 valence electrons. The number of para-hydroxylation sites is 1. The van der Waals surface area contributed by atoms with E-state index in [-0.39, 0.29) is 24.4 Å². The summed E-state index contributed by atoms with van der Waals surface area (Å²) in [5.74, 6) is -0.260. The van der Waals surface area contributed by atoms with Crippen molar-refractivity contribution in [2.45, 2.75) is 13.0 Å². The average molecular weight is 216 g/mol. The summed E-state index contributed by atoms with van der Waals surface area (Å²) in [6.45, 7) is 1.76. The van der Waals surface area contributed by atoms with Crippen molar-refractivity contribution in [3.05, 3.63) is 30.3 Å². The number of ether oxygens (including phenoxy) is 1. The maximum atomic E-state index is 11.0. The quantitative estimate of drug-likeness (QED) is 0.785. The Bertz CT molecular complexity index is 277. The monoisotopic (exact) mass is 215 g/mol. The Morgan fingerprint density at radius 2 is 1.93 bits per heavy atom. The van der Waals surface area contributed by atoms with Crippen LogP contribution in [-0.2, 0) is 9.53 Å². The summed E-state index contributed by atoms with van der Waals surface area (Å²) in [6, 6.07) is 9.23. The summed E-state index contributed by atoms with van der Waals surface area (Å²) in [7, 11) is 1.38. The van der Waals surface area contributed by atoms with Gasteiger partial charge in [-0.25, -0.2) is 4.79 Å². The molecule has 0 radical (unpaired) electrons. The number of esters is 1. The van der Waals surface area contributed by atoms with Crippen molar-refractivity contribution in [3.8, 4) is 0 Å². The zero-order valence-corrected chi connectivity index (χ0v) is 9.01. The fourth-order valence-electron chi connectivity index (χ4n) is 1.02. The Kier molecular flexibility index (Phi) is 5.72. The van der Waals surface area contributed by atoms with Gasteiger partial charge in [0.25, 0.3) is 0 Å². The zero-order chi connectivity index (χ0) is 9.68. The SMILES string of the molecule is COC(=O)C(C)Nc1ccccc1.Cl. The fourth-order valence-corrected chi connectivity index (χ4v) is 1.02. The van der Waals surface area contributed by atoms with Crippen LogP contribution in [0.1, 0.15) is 6.92 Å². The molecular formula is C10H14ClNO2. The second kappa shape index (κ2) is 6.27. The molecule has 4 heteroatoms. The molecule has 3 nitrogen and oxygen atoms in total. The first-order valence-electron chi connectivity index (χ1n) is 4.13. The predicted octanol–water partition coefficient (Wildman–Crippen LogP) is 2.08. The van der Waals surface area contributed by atoms with Crippen LogP contribution in [0.15, 0.2) is 30.3 Å². The van der Waals surface area contributed by atoms with Gasteiger partial charge >= 0.3 is 5.97 Å². The molecule has 1 N–H and O–H groups in total. The van der Waals surface area contributed by atoms with Crippen molar-refractivity contribution in [2.24, 2.45) is 0 Å². The molecule has 0 amide bonds. The number of carbonyl (C=O) groups is 1. The predicted molar refractivity (Wildman–Crippen MR) is 58.8 cm³/mol. The maximum Gasteiger partial charge on any atom is 0.327 e. The number of hydrogen-bond acceptors (Lipinski definition) is 3. The van der Waals surface area contributed by atoms with E-state index in [1.165, 1.54) is 7.11 Å². The molecule has 1 atom stereocenters. The topological polar surface area (TPSA) is 38.3 Å². The number of halogens is 1. The highest BCUT2D eigenvalue weighted by Gasteiger charge is 2.11. The summed E-state index contributed by atoms with van der Waals surface area (Å²) in [5, 5.41) is 3.02. The summed E-state index contributed by atoms with van der Waals surface area (Å²) < 4.78 is 4.58. The lowest BCUT2D eigenvalue weighted by Gasteiger charge is -2.12. The molecule has 0 fully saturated rings. The maximum absolute atomic E-state index is 11.0. The molecule has 1 aromatic carbocycles. The smallest absolute Gasteiger partial charge is 0.327 e. The number of nitrogens with one attached hydrogen (secondary N) is 1. The Hall–Kier alpha value is -1.22. The van der Waals surface area contributed by atoms with E-state index in [2.05, 4.69) is 10.1 Å². The molecule has 0 aliphatic heterocycles. The summed E-state index contributed by atoms with van der Waals surface area (Å²) in [4.78, 5) is 11.0. The number of anilines is 1. The third kappa shape index (κ3) is 3.66. The van der Waals surface area contributed by atoms with Crippen LogP contribution in [0.3, 0.4) is 0 Å². The van der Waals surface area contributed by atoms with Crippen LogP contribution in [0, 0.1) is 0 Å². The van der Waals surface area contributed by atoms with Crippen molar-refractivity contribution in [1.82, 2.24) is 0 Å². The largest absolute Gasteiger partial charge is 0.467 e. The lowest BCUT2D eigenvalue weighted by atomic mass is 10.3. The zero-order valence-electron chi connectivity index (χ0n) is 8.19. The third-order valence-corrected chi connectivity index (χ3v) is 1.71. The van der Waals surface area contributed by atoms with Crippen molar-refractivity contribution in [2.75, 3.05) is 12.4 Å². The Balaban J connectivity index is 0.00000169. The van der Waals surface area contributed by atoms with Gasteiger partial charge in [-0.3, -0.25) is 0 Å². The van der Waals surface area contributed by atoms with Gasteiger partial charge in [-0.2, -0.15) is 0 Å². The molecule has 0 aromatic heterocycles. The summed E-state index contributed by atoms with van der Waals surface area (Å²) in [5.41, 5.74) is 0.917. The number of hydrogen-bond donors (Lipinski definition) is 1. The Morgan fingerprint density at radius 1 is 1.36 bits per heavy atom. The van der Waals surface area contributed by atoms with Gasteiger partial charge < -0.3 is 10.1 Å². The molecule has 14 heavy (non-hydrogen) atoms. The Labute approximate surface area is 89.9 Å². The average Bonchev–Trinajstić information content (AvgIpc) is 2.18. The molecule has 1 unspecified atom stereocenters. The first kappa shape index (κ1) is 12.8. The first-order valence-corrected chi connectivity index (χ1v) is 4.13. The molecule has 0 saturated carbocycles.